The lowest BCUT2D eigenvalue weighted by Gasteiger charge is -2.24. The summed E-state index contributed by atoms with van der Waals surface area (Å²) in [4.78, 5) is 0. The van der Waals surface area contributed by atoms with E-state index in [1.54, 1.807) is 0 Å². The molecule has 5 nitrogen and oxygen atoms in total. The molecule has 1 fully saturated rings. The quantitative estimate of drug-likeness (QED) is 0.907. The molecule has 0 unspecified atom stereocenters. The summed E-state index contributed by atoms with van der Waals surface area (Å²) in [6.07, 6.45) is -0.233. The van der Waals surface area contributed by atoms with E-state index in [9.17, 15) is 17.9 Å². The van der Waals surface area contributed by atoms with Crippen LogP contribution in [-0.4, -0.2) is 48.4 Å². The Hall–Kier alpha value is -0.730. The van der Waals surface area contributed by atoms with E-state index < -0.39 is 22.1 Å². The van der Waals surface area contributed by atoms with Crippen LogP contribution in [0.1, 0.15) is 12.0 Å². The summed E-state index contributed by atoms with van der Waals surface area (Å²) in [7, 11) is -2.36. The van der Waals surface area contributed by atoms with E-state index in [4.69, 9.17) is 11.6 Å². The number of hydrogen-bond donors (Lipinski definition) is 1. The molecular weight excluding hydrogens is 307 g/mol. The number of benzene rings is 1. The second-order valence-corrected chi connectivity index (χ2v) is 7.21. The van der Waals surface area contributed by atoms with Gasteiger partial charge in [0.15, 0.2) is 0 Å². The molecule has 0 saturated carbocycles. The average molecular weight is 323 g/mol. The van der Waals surface area contributed by atoms with Gasteiger partial charge in [0.1, 0.15) is 5.82 Å². The SMILES string of the molecule is CN(Cc1c(F)cccc1Cl)S(=O)(=O)N1CC[C@@H](O)C1. The molecule has 1 aliphatic rings. The number of aliphatic hydroxyl groups is 1. The minimum absolute atomic E-state index is 0.0671. The number of hydrogen-bond acceptors (Lipinski definition) is 3. The molecule has 1 aromatic rings. The Morgan fingerprint density at radius 3 is 2.80 bits per heavy atom. The maximum absolute atomic E-state index is 13.7. The first-order valence-corrected chi connectivity index (χ1v) is 7.92. The minimum Gasteiger partial charge on any atom is -0.392 e. The van der Waals surface area contributed by atoms with Gasteiger partial charge < -0.3 is 5.11 Å². The van der Waals surface area contributed by atoms with Crippen LogP contribution < -0.4 is 0 Å². The second kappa shape index (κ2) is 5.95. The first kappa shape index (κ1) is 15.7. The molecule has 0 spiro atoms. The smallest absolute Gasteiger partial charge is 0.282 e. The molecule has 1 saturated heterocycles. The maximum atomic E-state index is 13.7. The fourth-order valence-electron chi connectivity index (χ4n) is 2.10. The molecule has 0 aromatic heterocycles. The van der Waals surface area contributed by atoms with E-state index >= 15 is 0 Å². The largest absolute Gasteiger partial charge is 0.392 e. The molecule has 0 amide bonds. The van der Waals surface area contributed by atoms with Gasteiger partial charge >= 0.3 is 0 Å². The zero-order chi connectivity index (χ0) is 14.9. The van der Waals surface area contributed by atoms with Gasteiger partial charge in [-0.15, -0.1) is 0 Å². The van der Waals surface area contributed by atoms with Crippen LogP contribution in [0.5, 0.6) is 0 Å². The normalized spacial score (nSPS) is 20.8. The van der Waals surface area contributed by atoms with Gasteiger partial charge in [-0.25, -0.2) is 4.39 Å². The number of rotatable bonds is 4. The van der Waals surface area contributed by atoms with Gasteiger partial charge in [0.05, 0.1) is 6.10 Å². The zero-order valence-corrected chi connectivity index (χ0v) is 12.5. The van der Waals surface area contributed by atoms with Crippen LogP contribution in [0.4, 0.5) is 4.39 Å². The second-order valence-electron chi connectivity index (χ2n) is 4.76. The summed E-state index contributed by atoms with van der Waals surface area (Å²) in [6, 6.07) is 4.22. The van der Waals surface area contributed by atoms with Crippen molar-refractivity contribution in [3.8, 4) is 0 Å². The summed E-state index contributed by atoms with van der Waals surface area (Å²) in [5.74, 6) is -0.541. The lowest BCUT2D eigenvalue weighted by atomic mass is 10.2. The summed E-state index contributed by atoms with van der Waals surface area (Å²) in [5, 5.41) is 9.61. The van der Waals surface area contributed by atoms with Crippen LogP contribution in [0.25, 0.3) is 0 Å². The van der Waals surface area contributed by atoms with Crippen LogP contribution in [0.15, 0.2) is 18.2 Å². The van der Waals surface area contributed by atoms with Crippen molar-refractivity contribution in [3.05, 3.63) is 34.6 Å². The van der Waals surface area contributed by atoms with Crippen molar-refractivity contribution in [2.45, 2.75) is 19.1 Å². The molecule has 1 aliphatic heterocycles. The van der Waals surface area contributed by atoms with Gasteiger partial charge in [0, 0.05) is 37.3 Å². The molecular formula is C12H16ClFN2O3S. The minimum atomic E-state index is -3.72. The molecule has 20 heavy (non-hydrogen) atoms. The van der Waals surface area contributed by atoms with Crippen LogP contribution in [0.2, 0.25) is 5.02 Å². The molecule has 1 N–H and O–H groups in total. The van der Waals surface area contributed by atoms with E-state index in [1.165, 1.54) is 29.6 Å². The third-order valence-corrected chi connectivity index (χ3v) is 5.54. The highest BCUT2D eigenvalue weighted by molar-refractivity contribution is 7.86. The van der Waals surface area contributed by atoms with Crippen molar-refractivity contribution < 1.29 is 17.9 Å². The van der Waals surface area contributed by atoms with Gasteiger partial charge in [-0.2, -0.15) is 17.0 Å². The Morgan fingerprint density at radius 1 is 1.55 bits per heavy atom. The van der Waals surface area contributed by atoms with E-state index in [-0.39, 0.29) is 30.2 Å². The standard InChI is InChI=1S/C12H16ClFN2O3S/c1-15(8-10-11(13)3-2-4-12(10)14)20(18,19)16-6-5-9(17)7-16/h2-4,9,17H,5-8H2,1H3/t9-/m1/s1. The van der Waals surface area contributed by atoms with Crippen LogP contribution in [-0.2, 0) is 16.8 Å². The molecule has 8 heteroatoms. The Balaban J connectivity index is 2.17. The molecule has 0 aliphatic carbocycles. The zero-order valence-electron chi connectivity index (χ0n) is 11.0. The van der Waals surface area contributed by atoms with Crippen molar-refractivity contribution in [2.24, 2.45) is 0 Å². The Bertz CT molecular complexity index is 576. The van der Waals surface area contributed by atoms with E-state index in [0.29, 0.717) is 6.42 Å². The van der Waals surface area contributed by atoms with Crippen LogP contribution >= 0.6 is 11.6 Å². The fraction of sp³-hybridized carbons (Fsp3) is 0.500. The number of aliphatic hydroxyl groups excluding tert-OH is 1. The van der Waals surface area contributed by atoms with Crippen LogP contribution in [0, 0.1) is 5.82 Å². The van der Waals surface area contributed by atoms with E-state index in [1.807, 2.05) is 0 Å². The molecule has 112 valence electrons. The van der Waals surface area contributed by atoms with Crippen molar-refractivity contribution >= 4 is 21.8 Å². The van der Waals surface area contributed by atoms with Gasteiger partial charge in [0.2, 0.25) is 0 Å². The maximum Gasteiger partial charge on any atom is 0.282 e. The summed E-state index contributed by atoms with van der Waals surface area (Å²) >= 11 is 5.89. The van der Waals surface area contributed by atoms with Gasteiger partial charge in [-0.1, -0.05) is 17.7 Å². The lowest BCUT2D eigenvalue weighted by molar-refractivity contribution is 0.188. The Kier molecular flexibility index (Phi) is 4.66. The topological polar surface area (TPSA) is 60.9 Å². The average Bonchev–Trinajstić information content (AvgIpc) is 2.81. The van der Waals surface area contributed by atoms with Gasteiger partial charge in [0.25, 0.3) is 10.2 Å². The number of nitrogens with zero attached hydrogens (tertiary/aromatic N) is 2. The monoisotopic (exact) mass is 322 g/mol. The van der Waals surface area contributed by atoms with E-state index in [0.717, 1.165) is 4.31 Å². The van der Waals surface area contributed by atoms with E-state index in [2.05, 4.69) is 0 Å². The highest BCUT2D eigenvalue weighted by Gasteiger charge is 2.33. The third kappa shape index (κ3) is 3.12. The van der Waals surface area contributed by atoms with Crippen molar-refractivity contribution in [1.29, 1.82) is 0 Å². The summed E-state index contributed by atoms with van der Waals surface area (Å²) in [6.45, 7) is 0.178. The van der Waals surface area contributed by atoms with Gasteiger partial charge in [-0.3, -0.25) is 0 Å². The van der Waals surface area contributed by atoms with Gasteiger partial charge in [-0.05, 0) is 18.6 Å². The molecule has 0 radical (unpaired) electrons. The summed E-state index contributed by atoms with van der Waals surface area (Å²) in [5.41, 5.74) is 0.139. The molecule has 1 heterocycles. The van der Waals surface area contributed by atoms with Crippen LogP contribution in [0.3, 0.4) is 0 Å². The first-order valence-electron chi connectivity index (χ1n) is 6.14. The lowest BCUT2D eigenvalue weighted by Crippen LogP contribution is -2.40. The predicted molar refractivity (Wildman–Crippen MR) is 74.0 cm³/mol. The first-order chi connectivity index (χ1) is 9.32. The van der Waals surface area contributed by atoms with Crippen molar-refractivity contribution in [1.82, 2.24) is 8.61 Å². The highest BCUT2D eigenvalue weighted by Crippen LogP contribution is 2.23. The Labute approximate surface area is 122 Å². The summed E-state index contributed by atoms with van der Waals surface area (Å²) < 4.78 is 40.5. The highest BCUT2D eigenvalue weighted by atomic mass is 35.5. The molecule has 1 aromatic carbocycles. The third-order valence-electron chi connectivity index (χ3n) is 3.29. The van der Waals surface area contributed by atoms with Crippen molar-refractivity contribution in [2.75, 3.05) is 20.1 Å². The molecule has 2 rings (SSSR count). The Morgan fingerprint density at radius 2 is 2.25 bits per heavy atom. The van der Waals surface area contributed by atoms with Crippen molar-refractivity contribution in [3.63, 3.8) is 0 Å². The number of β-amino-alcohol motifs (C(OH)–C–C–N with tert-alkyl or cyclic N) is 1. The molecule has 0 bridgehead atoms. The predicted octanol–water partition coefficient (Wildman–Crippen LogP) is 1.22. The molecule has 1 atom stereocenters. The fourth-order valence-corrected chi connectivity index (χ4v) is 3.71. The number of halogens is 2.